The van der Waals surface area contributed by atoms with Crippen LogP contribution in [0.3, 0.4) is 0 Å². The van der Waals surface area contributed by atoms with E-state index < -0.39 is 11.5 Å². The Kier molecular flexibility index (Phi) is 5.80. The summed E-state index contributed by atoms with van der Waals surface area (Å²) in [5.41, 5.74) is 1.92. The summed E-state index contributed by atoms with van der Waals surface area (Å²) in [6, 6.07) is 13.4. The van der Waals surface area contributed by atoms with Crippen molar-refractivity contribution in [2.45, 2.75) is 24.4 Å². The van der Waals surface area contributed by atoms with E-state index in [1.54, 1.807) is 4.90 Å². The normalized spacial score (nSPS) is 25.3. The highest BCUT2D eigenvalue weighted by Gasteiger charge is 2.51. The van der Waals surface area contributed by atoms with E-state index in [9.17, 15) is 14.0 Å². The van der Waals surface area contributed by atoms with Crippen LogP contribution in [0.1, 0.15) is 28.8 Å². The van der Waals surface area contributed by atoms with Crippen LogP contribution in [0.25, 0.3) is 0 Å². The van der Waals surface area contributed by atoms with Crippen LogP contribution >= 0.6 is 0 Å². The van der Waals surface area contributed by atoms with Crippen LogP contribution in [-0.4, -0.2) is 68.7 Å². The van der Waals surface area contributed by atoms with Gasteiger partial charge < -0.3 is 14.4 Å². The highest BCUT2D eigenvalue weighted by Crippen LogP contribution is 2.48. The number of benzene rings is 2. The lowest BCUT2D eigenvalue weighted by molar-refractivity contribution is -0.128. The summed E-state index contributed by atoms with van der Waals surface area (Å²) < 4.78 is 24.7. The Hall–Kier alpha value is -2.61. The zero-order valence-corrected chi connectivity index (χ0v) is 18.0. The Balaban J connectivity index is 1.31. The first-order valence-corrected chi connectivity index (χ1v) is 11.2. The number of nitrogens with zero attached hydrogens (tertiary/aromatic N) is 2. The standard InChI is InChI=1S/C25H27FN2O4/c26-19-7-5-18(6-8-19)24(30)28-16-25(20-3-1-2-4-21(20)28)15-23(32-17-25)22(29)9-10-27-11-13-31-14-12-27/h1-8,23H,9-17H2. The van der Waals surface area contributed by atoms with E-state index in [1.807, 2.05) is 24.3 Å². The van der Waals surface area contributed by atoms with Crippen LogP contribution < -0.4 is 4.90 Å². The van der Waals surface area contributed by atoms with Gasteiger partial charge in [-0.2, -0.15) is 0 Å². The van der Waals surface area contributed by atoms with Crippen molar-refractivity contribution >= 4 is 17.4 Å². The molecule has 7 heteroatoms. The number of Topliss-reactive ketones (excluding diaryl/α,β-unsaturated/α-hetero) is 1. The van der Waals surface area contributed by atoms with Gasteiger partial charge in [0, 0.05) is 49.3 Å². The minimum atomic E-state index is -0.454. The molecule has 32 heavy (non-hydrogen) atoms. The zero-order valence-electron chi connectivity index (χ0n) is 18.0. The Morgan fingerprint density at radius 1 is 1.06 bits per heavy atom. The fourth-order valence-electron chi connectivity index (χ4n) is 5.05. The molecular formula is C25H27FN2O4. The Bertz CT molecular complexity index is 1010. The summed E-state index contributed by atoms with van der Waals surface area (Å²) in [6.45, 7) is 4.73. The molecule has 3 aliphatic rings. The lowest BCUT2D eigenvalue weighted by Crippen LogP contribution is -2.39. The third-order valence-electron chi connectivity index (χ3n) is 6.84. The largest absolute Gasteiger partial charge is 0.379 e. The summed E-state index contributed by atoms with van der Waals surface area (Å²) in [5, 5.41) is 0. The quantitative estimate of drug-likeness (QED) is 0.719. The number of carbonyl (C=O) groups excluding carboxylic acids is 2. The fraction of sp³-hybridized carbons (Fsp3) is 0.440. The van der Waals surface area contributed by atoms with E-state index in [0.29, 0.717) is 44.8 Å². The minimum Gasteiger partial charge on any atom is -0.379 e. The second-order valence-electron chi connectivity index (χ2n) is 8.87. The van der Waals surface area contributed by atoms with E-state index >= 15 is 0 Å². The van der Waals surface area contributed by atoms with Gasteiger partial charge in [-0.15, -0.1) is 0 Å². The van der Waals surface area contributed by atoms with Crippen molar-refractivity contribution in [2.24, 2.45) is 0 Å². The maximum Gasteiger partial charge on any atom is 0.258 e. The molecule has 2 aromatic rings. The van der Waals surface area contributed by atoms with Gasteiger partial charge in [-0.25, -0.2) is 4.39 Å². The van der Waals surface area contributed by atoms with Gasteiger partial charge in [-0.1, -0.05) is 18.2 Å². The smallest absolute Gasteiger partial charge is 0.258 e. The van der Waals surface area contributed by atoms with Crippen LogP contribution in [0.4, 0.5) is 10.1 Å². The first-order chi connectivity index (χ1) is 15.6. The average Bonchev–Trinajstić information content (AvgIpc) is 3.41. The monoisotopic (exact) mass is 438 g/mol. The molecule has 0 bridgehead atoms. The van der Waals surface area contributed by atoms with E-state index in [2.05, 4.69) is 4.90 Å². The highest BCUT2D eigenvalue weighted by atomic mass is 19.1. The number of amides is 1. The van der Waals surface area contributed by atoms with E-state index in [0.717, 1.165) is 30.9 Å². The summed E-state index contributed by atoms with van der Waals surface area (Å²) in [6.07, 6.45) is 0.574. The van der Waals surface area contributed by atoms with Crippen molar-refractivity contribution in [1.29, 1.82) is 0 Å². The van der Waals surface area contributed by atoms with Gasteiger partial charge in [0.05, 0.1) is 19.8 Å². The third-order valence-corrected chi connectivity index (χ3v) is 6.84. The Morgan fingerprint density at radius 3 is 2.59 bits per heavy atom. The lowest BCUT2D eigenvalue weighted by Gasteiger charge is -2.26. The summed E-state index contributed by atoms with van der Waals surface area (Å²) in [7, 11) is 0. The van der Waals surface area contributed by atoms with Gasteiger partial charge in [0.25, 0.3) is 5.91 Å². The number of halogens is 1. The molecule has 2 atom stereocenters. The summed E-state index contributed by atoms with van der Waals surface area (Å²) >= 11 is 0. The van der Waals surface area contributed by atoms with Crippen molar-refractivity contribution in [3.63, 3.8) is 0 Å². The van der Waals surface area contributed by atoms with Crippen LogP contribution in [0.2, 0.25) is 0 Å². The van der Waals surface area contributed by atoms with E-state index in [-0.39, 0.29) is 17.5 Å². The molecule has 2 aromatic carbocycles. The van der Waals surface area contributed by atoms with Crippen molar-refractivity contribution in [2.75, 3.05) is 50.9 Å². The van der Waals surface area contributed by atoms with Crippen LogP contribution in [-0.2, 0) is 19.7 Å². The number of fused-ring (bicyclic) bond motifs is 2. The predicted octanol–water partition coefficient (Wildman–Crippen LogP) is 2.80. The van der Waals surface area contributed by atoms with Gasteiger partial charge in [0.1, 0.15) is 11.9 Å². The summed E-state index contributed by atoms with van der Waals surface area (Å²) in [4.78, 5) is 30.1. The number of para-hydroxylation sites is 1. The second kappa shape index (κ2) is 8.73. The number of rotatable bonds is 5. The SMILES string of the molecule is O=C(CCN1CCOCC1)C1CC2(CO1)CN(C(=O)c1ccc(F)cc1)c1ccccc12. The fourth-order valence-corrected chi connectivity index (χ4v) is 5.05. The molecule has 3 heterocycles. The molecule has 0 N–H and O–H groups in total. The number of hydrogen-bond donors (Lipinski definition) is 0. The van der Waals surface area contributed by atoms with E-state index in [1.165, 1.54) is 24.3 Å². The topological polar surface area (TPSA) is 59.1 Å². The highest BCUT2D eigenvalue weighted by molar-refractivity contribution is 6.07. The van der Waals surface area contributed by atoms with Gasteiger partial charge in [0.2, 0.25) is 0 Å². The number of hydrogen-bond acceptors (Lipinski definition) is 5. The minimum absolute atomic E-state index is 0.120. The molecule has 168 valence electrons. The average molecular weight is 438 g/mol. The molecule has 1 spiro atoms. The zero-order chi connectivity index (χ0) is 22.1. The molecule has 0 radical (unpaired) electrons. The molecule has 0 saturated carbocycles. The van der Waals surface area contributed by atoms with Crippen LogP contribution in [0.5, 0.6) is 0 Å². The molecule has 0 aliphatic carbocycles. The molecule has 2 fully saturated rings. The van der Waals surface area contributed by atoms with Crippen LogP contribution in [0.15, 0.2) is 48.5 Å². The lowest BCUT2D eigenvalue weighted by atomic mass is 9.79. The maximum atomic E-state index is 13.3. The van der Waals surface area contributed by atoms with Crippen molar-refractivity contribution in [3.8, 4) is 0 Å². The molecule has 3 aliphatic heterocycles. The second-order valence-corrected chi connectivity index (χ2v) is 8.87. The first kappa shape index (κ1) is 21.2. The Morgan fingerprint density at radius 2 is 1.81 bits per heavy atom. The van der Waals surface area contributed by atoms with Crippen molar-refractivity contribution < 1.29 is 23.5 Å². The third kappa shape index (κ3) is 3.96. The van der Waals surface area contributed by atoms with Crippen LogP contribution in [0, 0.1) is 5.82 Å². The van der Waals surface area contributed by atoms with Gasteiger partial charge in [-0.05, 0) is 42.3 Å². The molecular weight excluding hydrogens is 411 g/mol. The molecule has 6 nitrogen and oxygen atoms in total. The molecule has 2 unspecified atom stereocenters. The Labute approximate surface area is 186 Å². The molecule has 5 rings (SSSR count). The molecule has 2 saturated heterocycles. The van der Waals surface area contributed by atoms with Crippen molar-refractivity contribution in [3.05, 3.63) is 65.5 Å². The van der Waals surface area contributed by atoms with Crippen molar-refractivity contribution in [1.82, 2.24) is 4.90 Å². The summed E-state index contributed by atoms with van der Waals surface area (Å²) in [5.74, 6) is -0.423. The van der Waals surface area contributed by atoms with E-state index in [4.69, 9.17) is 9.47 Å². The maximum absolute atomic E-state index is 13.3. The van der Waals surface area contributed by atoms with Gasteiger partial charge in [0.15, 0.2) is 5.78 Å². The van der Waals surface area contributed by atoms with Gasteiger partial charge in [-0.3, -0.25) is 14.5 Å². The predicted molar refractivity (Wildman–Crippen MR) is 117 cm³/mol. The number of ketones is 1. The number of morpholine rings is 1. The van der Waals surface area contributed by atoms with Gasteiger partial charge >= 0.3 is 0 Å². The number of carbonyl (C=O) groups is 2. The molecule has 1 amide bonds. The number of ether oxygens (including phenoxy) is 2. The molecule has 0 aromatic heterocycles. The first-order valence-electron chi connectivity index (χ1n) is 11.2. The number of anilines is 1.